The smallest absolute Gasteiger partial charge is 0.214 e. The van der Waals surface area contributed by atoms with Crippen molar-refractivity contribution in [3.8, 4) is 17.0 Å². The summed E-state index contributed by atoms with van der Waals surface area (Å²) in [5, 5.41) is 0. The van der Waals surface area contributed by atoms with E-state index in [1.54, 1.807) is 6.20 Å². The average molecular weight is 331 g/mol. The van der Waals surface area contributed by atoms with Gasteiger partial charge in [-0.3, -0.25) is 9.97 Å². The van der Waals surface area contributed by atoms with Crippen molar-refractivity contribution < 1.29 is 4.74 Å². The van der Waals surface area contributed by atoms with Gasteiger partial charge >= 0.3 is 0 Å². The first-order valence-corrected chi connectivity index (χ1v) is 8.78. The monoisotopic (exact) mass is 331 g/mol. The highest BCUT2D eigenvalue weighted by Crippen LogP contribution is 2.34. The first kappa shape index (κ1) is 15.8. The largest absolute Gasteiger partial charge is 0.471 e. The quantitative estimate of drug-likeness (QED) is 0.715. The van der Waals surface area contributed by atoms with E-state index in [4.69, 9.17) is 9.72 Å². The van der Waals surface area contributed by atoms with Gasteiger partial charge in [0.25, 0.3) is 0 Å². The molecule has 4 rings (SSSR count). The second-order valence-corrected chi connectivity index (χ2v) is 6.44. The summed E-state index contributed by atoms with van der Waals surface area (Å²) >= 11 is 0. The lowest BCUT2D eigenvalue weighted by atomic mass is 9.88. The van der Waals surface area contributed by atoms with E-state index in [0.29, 0.717) is 12.5 Å². The van der Waals surface area contributed by atoms with E-state index < -0.39 is 0 Å². The van der Waals surface area contributed by atoms with Crippen molar-refractivity contribution in [3.63, 3.8) is 0 Å². The lowest BCUT2D eigenvalue weighted by molar-refractivity contribution is 0.288. The van der Waals surface area contributed by atoms with E-state index in [9.17, 15) is 0 Å². The van der Waals surface area contributed by atoms with Crippen LogP contribution in [0, 0.1) is 6.92 Å². The zero-order valence-corrected chi connectivity index (χ0v) is 14.4. The molecule has 0 atom stereocenters. The van der Waals surface area contributed by atoms with Crippen LogP contribution in [-0.2, 0) is 19.4 Å². The highest BCUT2D eigenvalue weighted by molar-refractivity contribution is 5.71. The summed E-state index contributed by atoms with van der Waals surface area (Å²) in [7, 11) is 0. The molecule has 1 aliphatic carbocycles. The van der Waals surface area contributed by atoms with Gasteiger partial charge in [-0.25, -0.2) is 4.98 Å². The van der Waals surface area contributed by atoms with Gasteiger partial charge in [0, 0.05) is 35.9 Å². The molecule has 0 fully saturated rings. The second kappa shape index (κ2) is 7.01. The minimum atomic E-state index is 0.429. The number of nitrogens with zero attached hydrogens (tertiary/aromatic N) is 3. The highest BCUT2D eigenvalue weighted by Gasteiger charge is 2.19. The standard InChI is InChI=1S/C21H21N3O/c1-15-9-11-22-13-19(15)18-12-21(24-20-8-3-2-7-17(18)20)25-14-16-6-4-5-10-23-16/h4-6,9-13H,2-3,7-8,14H2,1H3. The van der Waals surface area contributed by atoms with E-state index in [1.165, 1.54) is 40.8 Å². The van der Waals surface area contributed by atoms with Gasteiger partial charge in [0.1, 0.15) is 6.61 Å². The van der Waals surface area contributed by atoms with Crippen molar-refractivity contribution in [1.29, 1.82) is 0 Å². The Labute approximate surface area is 148 Å². The summed E-state index contributed by atoms with van der Waals surface area (Å²) in [4.78, 5) is 13.4. The van der Waals surface area contributed by atoms with Crippen LogP contribution in [0.15, 0.2) is 48.9 Å². The summed E-state index contributed by atoms with van der Waals surface area (Å²) in [5.41, 5.74) is 7.04. The molecule has 0 bridgehead atoms. The number of hydrogen-bond donors (Lipinski definition) is 0. The van der Waals surface area contributed by atoms with Crippen molar-refractivity contribution in [1.82, 2.24) is 15.0 Å². The van der Waals surface area contributed by atoms with Gasteiger partial charge in [-0.2, -0.15) is 0 Å². The molecule has 0 aliphatic heterocycles. The van der Waals surface area contributed by atoms with Gasteiger partial charge in [0.15, 0.2) is 0 Å². The summed E-state index contributed by atoms with van der Waals surface area (Å²) < 4.78 is 5.97. The fourth-order valence-electron chi connectivity index (χ4n) is 3.37. The molecule has 1 aliphatic rings. The van der Waals surface area contributed by atoms with E-state index in [0.717, 1.165) is 18.5 Å². The molecule has 25 heavy (non-hydrogen) atoms. The molecule has 0 amide bonds. The molecule has 0 unspecified atom stereocenters. The summed E-state index contributed by atoms with van der Waals surface area (Å²) in [6, 6.07) is 9.96. The second-order valence-electron chi connectivity index (χ2n) is 6.44. The molecule has 3 heterocycles. The SMILES string of the molecule is Cc1ccncc1-c1cc(OCc2ccccn2)nc2c1CCCC2. The fraction of sp³-hybridized carbons (Fsp3) is 0.286. The van der Waals surface area contributed by atoms with Crippen molar-refractivity contribution in [2.24, 2.45) is 0 Å². The maximum atomic E-state index is 5.97. The normalized spacial score (nSPS) is 13.3. The molecular weight excluding hydrogens is 310 g/mol. The number of pyridine rings is 3. The molecular formula is C21H21N3O. The molecule has 126 valence electrons. The van der Waals surface area contributed by atoms with Gasteiger partial charge in [0.05, 0.1) is 5.69 Å². The number of fused-ring (bicyclic) bond motifs is 1. The van der Waals surface area contributed by atoms with E-state index in [-0.39, 0.29) is 0 Å². The molecule has 0 radical (unpaired) electrons. The maximum absolute atomic E-state index is 5.97. The molecule has 0 saturated carbocycles. The number of hydrogen-bond acceptors (Lipinski definition) is 4. The lowest BCUT2D eigenvalue weighted by Gasteiger charge is -2.21. The number of ether oxygens (including phenoxy) is 1. The van der Waals surface area contributed by atoms with E-state index >= 15 is 0 Å². The van der Waals surface area contributed by atoms with Crippen LogP contribution in [-0.4, -0.2) is 15.0 Å². The minimum Gasteiger partial charge on any atom is -0.471 e. The van der Waals surface area contributed by atoms with Gasteiger partial charge in [0.2, 0.25) is 5.88 Å². The number of aromatic nitrogens is 3. The van der Waals surface area contributed by atoms with Crippen LogP contribution >= 0.6 is 0 Å². The minimum absolute atomic E-state index is 0.429. The zero-order chi connectivity index (χ0) is 17.1. The third kappa shape index (κ3) is 3.38. The van der Waals surface area contributed by atoms with Gasteiger partial charge in [-0.05, 0) is 67.5 Å². The van der Waals surface area contributed by atoms with Crippen LogP contribution in [0.3, 0.4) is 0 Å². The first-order valence-electron chi connectivity index (χ1n) is 8.78. The Balaban J connectivity index is 1.71. The molecule has 0 N–H and O–H groups in total. The summed E-state index contributed by atoms with van der Waals surface area (Å²) in [5.74, 6) is 0.671. The zero-order valence-electron chi connectivity index (χ0n) is 14.4. The van der Waals surface area contributed by atoms with Crippen molar-refractivity contribution in [2.45, 2.75) is 39.2 Å². The molecule has 4 heteroatoms. The average Bonchev–Trinajstić information content (AvgIpc) is 2.67. The van der Waals surface area contributed by atoms with Crippen LogP contribution in [0.5, 0.6) is 5.88 Å². The Hall–Kier alpha value is -2.75. The topological polar surface area (TPSA) is 47.9 Å². The lowest BCUT2D eigenvalue weighted by Crippen LogP contribution is -2.10. The van der Waals surface area contributed by atoms with E-state index in [2.05, 4.69) is 29.0 Å². The third-order valence-electron chi connectivity index (χ3n) is 4.70. The Morgan fingerprint density at radius 2 is 1.96 bits per heavy atom. The molecule has 3 aromatic rings. The van der Waals surface area contributed by atoms with Crippen LogP contribution in [0.25, 0.3) is 11.1 Å². The van der Waals surface area contributed by atoms with E-state index in [1.807, 2.05) is 30.6 Å². The number of rotatable bonds is 4. The van der Waals surface area contributed by atoms with Crippen LogP contribution in [0.2, 0.25) is 0 Å². The predicted molar refractivity (Wildman–Crippen MR) is 97.4 cm³/mol. The number of aryl methyl sites for hydroxylation is 2. The maximum Gasteiger partial charge on any atom is 0.214 e. The molecule has 4 nitrogen and oxygen atoms in total. The Morgan fingerprint density at radius 1 is 1.04 bits per heavy atom. The Kier molecular flexibility index (Phi) is 4.42. The molecule has 0 saturated heterocycles. The van der Waals surface area contributed by atoms with Crippen LogP contribution in [0.1, 0.15) is 35.4 Å². The predicted octanol–water partition coefficient (Wildman–Crippen LogP) is 4.30. The first-order chi connectivity index (χ1) is 12.3. The Morgan fingerprint density at radius 3 is 2.80 bits per heavy atom. The Bertz CT molecular complexity index is 878. The van der Waals surface area contributed by atoms with Gasteiger partial charge in [-0.15, -0.1) is 0 Å². The summed E-state index contributed by atoms with van der Waals surface area (Å²) in [6.45, 7) is 2.55. The van der Waals surface area contributed by atoms with Crippen LogP contribution < -0.4 is 4.74 Å². The van der Waals surface area contributed by atoms with Gasteiger partial charge < -0.3 is 4.74 Å². The van der Waals surface area contributed by atoms with Crippen molar-refractivity contribution in [3.05, 3.63) is 71.4 Å². The van der Waals surface area contributed by atoms with Crippen molar-refractivity contribution >= 4 is 0 Å². The molecule has 0 spiro atoms. The fourth-order valence-corrected chi connectivity index (χ4v) is 3.37. The summed E-state index contributed by atoms with van der Waals surface area (Å²) in [6.07, 6.45) is 10.1. The molecule has 0 aromatic carbocycles. The van der Waals surface area contributed by atoms with Gasteiger partial charge in [-0.1, -0.05) is 6.07 Å². The van der Waals surface area contributed by atoms with Crippen molar-refractivity contribution in [2.75, 3.05) is 0 Å². The van der Waals surface area contributed by atoms with Crippen LogP contribution in [0.4, 0.5) is 0 Å². The third-order valence-corrected chi connectivity index (χ3v) is 4.70. The highest BCUT2D eigenvalue weighted by atomic mass is 16.5. The molecule has 3 aromatic heterocycles.